The summed E-state index contributed by atoms with van der Waals surface area (Å²) in [6.45, 7) is 0. The van der Waals surface area contributed by atoms with Crippen molar-refractivity contribution in [1.29, 1.82) is 0 Å². The summed E-state index contributed by atoms with van der Waals surface area (Å²) in [5.74, 6) is 0. The summed E-state index contributed by atoms with van der Waals surface area (Å²) in [6.07, 6.45) is 0.275. The Labute approximate surface area is 111 Å². The number of nitrogen functional groups attached to an aromatic ring is 1. The van der Waals surface area contributed by atoms with Gasteiger partial charge in [-0.25, -0.2) is 9.50 Å². The normalized spacial score (nSPS) is 11.9. The van der Waals surface area contributed by atoms with Gasteiger partial charge in [-0.1, -0.05) is 12.1 Å². The van der Waals surface area contributed by atoms with Gasteiger partial charge < -0.3 is 5.73 Å². The molecule has 0 spiro atoms. The molecule has 0 radical (unpaired) electrons. The smallest absolute Gasteiger partial charge is 0.396 e. The van der Waals surface area contributed by atoms with E-state index < -0.39 is 11.7 Å². The van der Waals surface area contributed by atoms with E-state index in [1.54, 1.807) is 12.4 Å². The second-order valence-corrected chi connectivity index (χ2v) is 4.29. The topological polar surface area (TPSA) is 56.2 Å². The van der Waals surface area contributed by atoms with Crippen molar-refractivity contribution in [2.24, 2.45) is 0 Å². The minimum Gasteiger partial charge on any atom is -0.396 e. The van der Waals surface area contributed by atoms with Crippen LogP contribution in [0, 0.1) is 0 Å². The van der Waals surface area contributed by atoms with E-state index in [9.17, 15) is 13.2 Å². The lowest BCUT2D eigenvalue weighted by molar-refractivity contribution is -0.137. The summed E-state index contributed by atoms with van der Waals surface area (Å²) in [4.78, 5) is 4.14. The van der Waals surface area contributed by atoms with Gasteiger partial charge >= 0.3 is 6.18 Å². The molecule has 3 aromatic rings. The largest absolute Gasteiger partial charge is 0.416 e. The van der Waals surface area contributed by atoms with Crippen LogP contribution in [0.2, 0.25) is 0 Å². The molecule has 0 saturated heterocycles. The number of anilines is 1. The summed E-state index contributed by atoms with van der Waals surface area (Å²) in [6, 6.07) is 4.88. The van der Waals surface area contributed by atoms with Gasteiger partial charge in [0.1, 0.15) is 0 Å². The van der Waals surface area contributed by atoms with Gasteiger partial charge in [0.2, 0.25) is 0 Å². The fraction of sp³-hybridized carbons (Fsp3) is 0.0769. The number of hydrogen-bond donors (Lipinski definition) is 1. The lowest BCUT2D eigenvalue weighted by atomic mass is 10.1. The number of hydrogen-bond acceptors (Lipinski definition) is 3. The molecule has 0 unspecified atom stereocenters. The molecule has 0 aliphatic carbocycles. The average molecular weight is 278 g/mol. The molecule has 1 aromatic carbocycles. The molecule has 7 heteroatoms. The first-order valence-corrected chi connectivity index (χ1v) is 5.71. The zero-order chi connectivity index (χ0) is 14.3. The van der Waals surface area contributed by atoms with E-state index in [4.69, 9.17) is 5.73 Å². The zero-order valence-electron chi connectivity index (χ0n) is 10.1. The minimum atomic E-state index is -4.34. The third-order valence-corrected chi connectivity index (χ3v) is 2.90. The van der Waals surface area contributed by atoms with Gasteiger partial charge in [-0.15, -0.1) is 0 Å². The highest BCUT2D eigenvalue weighted by Gasteiger charge is 2.30. The van der Waals surface area contributed by atoms with Gasteiger partial charge in [0.15, 0.2) is 5.65 Å². The highest BCUT2D eigenvalue weighted by atomic mass is 19.4. The summed E-state index contributed by atoms with van der Waals surface area (Å²) in [5, 5.41) is 4.08. The SMILES string of the molecule is Nc1cnc2c(-c3ccc(C(F)(F)F)cc3)cnn2c1. The quantitative estimate of drug-likeness (QED) is 0.744. The van der Waals surface area contributed by atoms with Crippen molar-refractivity contribution in [2.45, 2.75) is 6.18 Å². The van der Waals surface area contributed by atoms with Gasteiger partial charge in [-0.3, -0.25) is 0 Å². The lowest BCUT2D eigenvalue weighted by Gasteiger charge is -2.06. The monoisotopic (exact) mass is 278 g/mol. The van der Waals surface area contributed by atoms with Crippen molar-refractivity contribution in [2.75, 3.05) is 5.73 Å². The van der Waals surface area contributed by atoms with Crippen LogP contribution in [0.4, 0.5) is 18.9 Å². The lowest BCUT2D eigenvalue weighted by Crippen LogP contribution is -2.04. The first-order valence-electron chi connectivity index (χ1n) is 5.71. The maximum absolute atomic E-state index is 12.5. The number of alkyl halides is 3. The van der Waals surface area contributed by atoms with Crippen molar-refractivity contribution in [3.63, 3.8) is 0 Å². The van der Waals surface area contributed by atoms with Crippen LogP contribution in [0.3, 0.4) is 0 Å². The van der Waals surface area contributed by atoms with E-state index >= 15 is 0 Å². The van der Waals surface area contributed by atoms with Gasteiger partial charge in [0.05, 0.1) is 29.8 Å². The molecule has 2 N–H and O–H groups in total. The van der Waals surface area contributed by atoms with Crippen LogP contribution in [0.15, 0.2) is 42.9 Å². The summed E-state index contributed by atoms with van der Waals surface area (Å²) < 4.78 is 39.0. The zero-order valence-corrected chi connectivity index (χ0v) is 10.1. The number of halogens is 3. The number of aromatic nitrogens is 3. The summed E-state index contributed by atoms with van der Waals surface area (Å²) >= 11 is 0. The Bertz CT molecular complexity index is 759. The Kier molecular flexibility index (Phi) is 2.63. The molecule has 3 rings (SSSR count). The van der Waals surface area contributed by atoms with Crippen molar-refractivity contribution in [1.82, 2.24) is 14.6 Å². The molecule has 0 aliphatic heterocycles. The van der Waals surface area contributed by atoms with E-state index in [2.05, 4.69) is 10.1 Å². The van der Waals surface area contributed by atoms with Gasteiger partial charge in [0, 0.05) is 5.56 Å². The highest BCUT2D eigenvalue weighted by Crippen LogP contribution is 2.31. The second-order valence-electron chi connectivity index (χ2n) is 4.29. The Hall–Kier alpha value is -2.57. The number of rotatable bonds is 1. The van der Waals surface area contributed by atoms with E-state index in [-0.39, 0.29) is 0 Å². The van der Waals surface area contributed by atoms with Crippen LogP contribution in [-0.2, 0) is 6.18 Å². The van der Waals surface area contributed by atoms with E-state index in [1.165, 1.54) is 22.8 Å². The van der Waals surface area contributed by atoms with Gasteiger partial charge in [0.25, 0.3) is 0 Å². The van der Waals surface area contributed by atoms with Crippen LogP contribution >= 0.6 is 0 Å². The molecule has 0 amide bonds. The second kappa shape index (κ2) is 4.22. The molecule has 0 atom stereocenters. The highest BCUT2D eigenvalue weighted by molar-refractivity contribution is 5.77. The standard InChI is InChI=1S/C13H9F3N4/c14-13(15,16)9-3-1-8(2-4-9)11-6-19-20-7-10(17)5-18-12(11)20/h1-7H,17H2. The van der Waals surface area contributed by atoms with E-state index in [1.807, 2.05) is 0 Å². The minimum absolute atomic E-state index is 0.458. The molecular weight excluding hydrogens is 269 g/mol. The van der Waals surface area contributed by atoms with Crippen LogP contribution in [-0.4, -0.2) is 14.6 Å². The van der Waals surface area contributed by atoms with Crippen molar-refractivity contribution < 1.29 is 13.2 Å². The molecule has 0 saturated carbocycles. The maximum atomic E-state index is 12.5. The van der Waals surface area contributed by atoms with Crippen molar-refractivity contribution in [3.05, 3.63) is 48.4 Å². The fourth-order valence-corrected chi connectivity index (χ4v) is 1.93. The predicted molar refractivity (Wildman–Crippen MR) is 67.8 cm³/mol. The van der Waals surface area contributed by atoms with Crippen molar-refractivity contribution in [3.8, 4) is 11.1 Å². The Balaban J connectivity index is 2.07. The van der Waals surface area contributed by atoms with Gasteiger partial charge in [-0.2, -0.15) is 18.3 Å². The Morgan fingerprint density at radius 1 is 1.05 bits per heavy atom. The summed E-state index contributed by atoms with van der Waals surface area (Å²) in [7, 11) is 0. The predicted octanol–water partition coefficient (Wildman–Crippen LogP) is 3.00. The molecule has 0 bridgehead atoms. The number of fused-ring (bicyclic) bond motifs is 1. The maximum Gasteiger partial charge on any atom is 0.416 e. The molecule has 2 aromatic heterocycles. The molecule has 4 nitrogen and oxygen atoms in total. The fourth-order valence-electron chi connectivity index (χ4n) is 1.93. The Morgan fingerprint density at radius 3 is 2.40 bits per heavy atom. The number of benzene rings is 1. The molecule has 0 aliphatic rings. The van der Waals surface area contributed by atoms with Crippen LogP contribution in [0.25, 0.3) is 16.8 Å². The van der Waals surface area contributed by atoms with Crippen LogP contribution in [0.5, 0.6) is 0 Å². The first kappa shape index (κ1) is 12.5. The van der Waals surface area contributed by atoms with Crippen LogP contribution in [0.1, 0.15) is 5.56 Å². The first-order chi connectivity index (χ1) is 9.45. The molecular formula is C13H9F3N4. The number of nitrogens with zero attached hydrogens (tertiary/aromatic N) is 3. The molecule has 2 heterocycles. The summed E-state index contributed by atoms with van der Waals surface area (Å²) in [5.41, 5.74) is 7.17. The van der Waals surface area contributed by atoms with Crippen molar-refractivity contribution >= 4 is 11.3 Å². The third-order valence-electron chi connectivity index (χ3n) is 2.90. The third kappa shape index (κ3) is 2.07. The van der Waals surface area contributed by atoms with Crippen LogP contribution < -0.4 is 5.73 Å². The number of nitrogens with two attached hydrogens (primary N) is 1. The van der Waals surface area contributed by atoms with E-state index in [0.717, 1.165) is 12.1 Å². The Morgan fingerprint density at radius 2 is 1.75 bits per heavy atom. The van der Waals surface area contributed by atoms with Gasteiger partial charge in [-0.05, 0) is 17.7 Å². The van der Waals surface area contributed by atoms with E-state index in [0.29, 0.717) is 22.5 Å². The molecule has 102 valence electrons. The molecule has 0 fully saturated rings. The molecule has 20 heavy (non-hydrogen) atoms. The average Bonchev–Trinajstić information content (AvgIpc) is 2.80.